The Hall–Kier alpha value is -3.07. The molecular weight excluding hydrogens is 378 g/mol. The molecule has 4 heterocycles. The predicted octanol–water partition coefficient (Wildman–Crippen LogP) is 1.81. The number of hydrogen-bond acceptors (Lipinski definition) is 6. The highest BCUT2D eigenvalue weighted by Crippen LogP contribution is 2.30. The first-order valence-corrected chi connectivity index (χ1v) is 10.0. The van der Waals surface area contributed by atoms with Gasteiger partial charge in [0.1, 0.15) is 12.4 Å². The van der Waals surface area contributed by atoms with Crippen LogP contribution in [-0.2, 0) is 11.3 Å². The lowest BCUT2D eigenvalue weighted by molar-refractivity contribution is -0.136. The maximum absolute atomic E-state index is 12.9. The molecule has 28 heavy (non-hydrogen) atoms. The summed E-state index contributed by atoms with van der Waals surface area (Å²) in [6.45, 7) is 0.475. The standard InChI is InChI=1S/C19H19N5O3S/c25-16-10-14(13-5-9-28-12-13)21-18(22-16)15-4-1-2-8-24(15)17(26)11-23-7-3-6-20-19(23)27/h3,5-7,9-10,12,15H,1-2,4,8,11H2,(H,21,22,25)/t15-/m1/s1. The van der Waals surface area contributed by atoms with Gasteiger partial charge in [-0.3, -0.25) is 14.2 Å². The lowest BCUT2D eigenvalue weighted by atomic mass is 10.0. The van der Waals surface area contributed by atoms with Crippen LogP contribution >= 0.6 is 11.3 Å². The fourth-order valence-electron chi connectivity index (χ4n) is 3.45. The number of nitrogens with one attached hydrogen (secondary N) is 1. The van der Waals surface area contributed by atoms with E-state index in [1.54, 1.807) is 17.2 Å². The fraction of sp³-hybridized carbons (Fsp3) is 0.316. The minimum atomic E-state index is -0.463. The van der Waals surface area contributed by atoms with E-state index in [0.29, 0.717) is 24.5 Å². The van der Waals surface area contributed by atoms with Crippen LogP contribution in [0.3, 0.4) is 0 Å². The van der Waals surface area contributed by atoms with Crippen LogP contribution in [0.5, 0.6) is 0 Å². The van der Waals surface area contributed by atoms with E-state index in [1.807, 2.05) is 16.8 Å². The molecule has 1 fully saturated rings. The first-order valence-electron chi connectivity index (χ1n) is 9.06. The molecule has 4 rings (SSSR count). The highest BCUT2D eigenvalue weighted by molar-refractivity contribution is 7.08. The number of carbonyl (C=O) groups excluding carboxylic acids is 1. The summed E-state index contributed by atoms with van der Waals surface area (Å²) in [6.07, 6.45) is 5.47. The van der Waals surface area contributed by atoms with Crippen molar-refractivity contribution in [2.75, 3.05) is 6.54 Å². The van der Waals surface area contributed by atoms with Crippen molar-refractivity contribution in [3.05, 3.63) is 68.0 Å². The van der Waals surface area contributed by atoms with Crippen molar-refractivity contribution >= 4 is 17.2 Å². The summed E-state index contributed by atoms with van der Waals surface area (Å²) in [6, 6.07) is 4.68. The number of H-pyrrole nitrogens is 1. The van der Waals surface area contributed by atoms with Gasteiger partial charge in [-0.1, -0.05) is 0 Å². The minimum absolute atomic E-state index is 0.0857. The van der Waals surface area contributed by atoms with E-state index in [4.69, 9.17) is 0 Å². The Morgan fingerprint density at radius 1 is 1.32 bits per heavy atom. The number of carbonyl (C=O) groups is 1. The smallest absolute Gasteiger partial charge is 0.331 e. The van der Waals surface area contributed by atoms with Crippen LogP contribution in [-0.4, -0.2) is 36.9 Å². The van der Waals surface area contributed by atoms with Crippen molar-refractivity contribution in [1.82, 2.24) is 24.4 Å². The summed E-state index contributed by atoms with van der Waals surface area (Å²) in [4.78, 5) is 49.8. The van der Waals surface area contributed by atoms with Gasteiger partial charge in [-0.25, -0.2) is 14.8 Å². The number of likely N-dealkylation sites (tertiary alicyclic amines) is 1. The minimum Gasteiger partial charge on any atom is -0.331 e. The van der Waals surface area contributed by atoms with E-state index < -0.39 is 5.69 Å². The van der Waals surface area contributed by atoms with Crippen molar-refractivity contribution in [2.24, 2.45) is 0 Å². The Labute approximate surface area is 164 Å². The SMILES string of the molecule is O=C(Cn1cccnc1=O)N1CCCC[C@@H]1c1nc(-c2ccsc2)cc(=O)[nH]1. The van der Waals surface area contributed by atoms with Gasteiger partial charge in [-0.05, 0) is 36.8 Å². The molecule has 0 radical (unpaired) electrons. The first kappa shape index (κ1) is 18.3. The molecule has 9 heteroatoms. The van der Waals surface area contributed by atoms with Gasteiger partial charge in [-0.15, -0.1) is 0 Å². The molecule has 1 aliphatic heterocycles. The second-order valence-corrected chi connectivity index (χ2v) is 7.44. The quantitative estimate of drug-likeness (QED) is 0.724. The molecule has 0 aromatic carbocycles. The van der Waals surface area contributed by atoms with E-state index in [2.05, 4.69) is 15.0 Å². The summed E-state index contributed by atoms with van der Waals surface area (Å²) in [5.41, 5.74) is 0.775. The molecule has 1 aliphatic rings. The number of aromatic amines is 1. The summed E-state index contributed by atoms with van der Waals surface area (Å²) in [5, 5.41) is 3.87. The monoisotopic (exact) mass is 397 g/mol. The van der Waals surface area contributed by atoms with Gasteiger partial charge in [0.05, 0.1) is 11.7 Å². The van der Waals surface area contributed by atoms with Crippen molar-refractivity contribution in [3.63, 3.8) is 0 Å². The van der Waals surface area contributed by atoms with Crippen LogP contribution in [0, 0.1) is 0 Å². The van der Waals surface area contributed by atoms with Gasteiger partial charge in [0, 0.05) is 35.9 Å². The third-order valence-electron chi connectivity index (χ3n) is 4.80. The molecule has 1 N–H and O–H groups in total. The summed E-state index contributed by atoms with van der Waals surface area (Å²) in [5.74, 6) is 0.295. The molecule has 8 nitrogen and oxygen atoms in total. The van der Waals surface area contributed by atoms with Gasteiger partial charge in [0.2, 0.25) is 5.91 Å². The lowest BCUT2D eigenvalue weighted by Gasteiger charge is -2.35. The molecule has 3 aromatic heterocycles. The Morgan fingerprint density at radius 2 is 2.21 bits per heavy atom. The second kappa shape index (κ2) is 7.89. The Balaban J connectivity index is 1.64. The van der Waals surface area contributed by atoms with Crippen molar-refractivity contribution in [3.8, 4) is 11.3 Å². The number of amides is 1. The normalized spacial score (nSPS) is 16.9. The summed E-state index contributed by atoms with van der Waals surface area (Å²) < 4.78 is 1.28. The molecule has 0 aliphatic carbocycles. The molecule has 1 atom stereocenters. The molecule has 0 saturated carbocycles. The fourth-order valence-corrected chi connectivity index (χ4v) is 4.10. The molecule has 0 spiro atoms. The highest BCUT2D eigenvalue weighted by atomic mass is 32.1. The number of hydrogen-bond donors (Lipinski definition) is 1. The van der Waals surface area contributed by atoms with E-state index in [1.165, 1.54) is 28.2 Å². The summed E-state index contributed by atoms with van der Waals surface area (Å²) >= 11 is 1.53. The van der Waals surface area contributed by atoms with E-state index in [0.717, 1.165) is 18.4 Å². The second-order valence-electron chi connectivity index (χ2n) is 6.66. The van der Waals surface area contributed by atoms with Crippen molar-refractivity contribution < 1.29 is 4.79 Å². The van der Waals surface area contributed by atoms with Crippen LogP contribution in [0.2, 0.25) is 0 Å². The number of piperidine rings is 1. The number of aromatic nitrogens is 4. The Bertz CT molecular complexity index is 1090. The van der Waals surface area contributed by atoms with Crippen LogP contribution < -0.4 is 11.2 Å². The predicted molar refractivity (Wildman–Crippen MR) is 105 cm³/mol. The zero-order chi connectivity index (χ0) is 19.5. The highest BCUT2D eigenvalue weighted by Gasteiger charge is 2.30. The van der Waals surface area contributed by atoms with Crippen LogP contribution in [0.4, 0.5) is 0 Å². The number of nitrogens with zero attached hydrogens (tertiary/aromatic N) is 4. The Morgan fingerprint density at radius 3 is 3.00 bits per heavy atom. The van der Waals surface area contributed by atoms with E-state index in [9.17, 15) is 14.4 Å². The molecule has 144 valence electrons. The third-order valence-corrected chi connectivity index (χ3v) is 5.49. The van der Waals surface area contributed by atoms with Crippen LogP contribution in [0.1, 0.15) is 31.1 Å². The number of thiophene rings is 1. The van der Waals surface area contributed by atoms with Gasteiger partial charge in [0.15, 0.2) is 0 Å². The molecule has 3 aromatic rings. The topological polar surface area (TPSA) is 101 Å². The molecule has 0 bridgehead atoms. The first-order chi connectivity index (χ1) is 13.6. The van der Waals surface area contributed by atoms with Gasteiger partial charge in [0.25, 0.3) is 5.56 Å². The largest absolute Gasteiger partial charge is 0.347 e. The third kappa shape index (κ3) is 3.79. The molecule has 1 amide bonds. The molecule has 0 unspecified atom stereocenters. The maximum atomic E-state index is 12.9. The zero-order valence-electron chi connectivity index (χ0n) is 15.1. The Kier molecular flexibility index (Phi) is 5.16. The number of rotatable bonds is 4. The van der Waals surface area contributed by atoms with Crippen LogP contribution in [0.25, 0.3) is 11.3 Å². The maximum Gasteiger partial charge on any atom is 0.347 e. The van der Waals surface area contributed by atoms with Gasteiger partial charge < -0.3 is 9.88 Å². The van der Waals surface area contributed by atoms with Gasteiger partial charge in [-0.2, -0.15) is 11.3 Å². The average molecular weight is 397 g/mol. The van der Waals surface area contributed by atoms with E-state index in [-0.39, 0.29) is 24.1 Å². The summed E-state index contributed by atoms with van der Waals surface area (Å²) in [7, 11) is 0. The van der Waals surface area contributed by atoms with Crippen molar-refractivity contribution in [1.29, 1.82) is 0 Å². The van der Waals surface area contributed by atoms with Crippen molar-refractivity contribution in [2.45, 2.75) is 31.8 Å². The molecular formula is C19H19N5O3S. The zero-order valence-corrected chi connectivity index (χ0v) is 15.9. The lowest BCUT2D eigenvalue weighted by Crippen LogP contribution is -2.42. The van der Waals surface area contributed by atoms with E-state index >= 15 is 0 Å². The molecule has 1 saturated heterocycles. The average Bonchev–Trinajstić information content (AvgIpc) is 3.24. The van der Waals surface area contributed by atoms with Gasteiger partial charge >= 0.3 is 5.69 Å². The van der Waals surface area contributed by atoms with Crippen LogP contribution in [0.15, 0.2) is 50.9 Å².